The Kier molecular flexibility index (Phi) is 5.21. The molecule has 0 saturated carbocycles. The molecule has 0 radical (unpaired) electrons. The zero-order valence-corrected chi connectivity index (χ0v) is 12.7. The number of carbonyl (C=O) groups excluding carboxylic acids is 1. The summed E-state index contributed by atoms with van der Waals surface area (Å²) in [4.78, 5) is 12.0. The topological polar surface area (TPSA) is 55.1 Å². The Labute approximate surface area is 123 Å². The summed E-state index contributed by atoms with van der Waals surface area (Å²) in [5.74, 6) is -0.488. The highest BCUT2D eigenvalue weighted by Gasteiger charge is 2.34. The minimum Gasteiger partial charge on any atom is -0.324 e. The molecule has 1 amide bonds. The highest BCUT2D eigenvalue weighted by atomic mass is 79.9. The molecular weight excluding hydrogens is 337 g/mol. The van der Waals surface area contributed by atoms with E-state index >= 15 is 0 Å². The first-order valence-corrected chi connectivity index (χ1v) is 6.90. The maximum atomic E-state index is 12.8. The van der Waals surface area contributed by atoms with Gasteiger partial charge in [-0.25, -0.2) is 0 Å². The molecule has 1 rings (SSSR count). The van der Waals surface area contributed by atoms with E-state index in [1.807, 2.05) is 0 Å². The zero-order chi connectivity index (χ0) is 15.6. The molecule has 0 unspecified atom stereocenters. The summed E-state index contributed by atoms with van der Waals surface area (Å²) < 4.78 is 38.2. The largest absolute Gasteiger partial charge is 0.417 e. The van der Waals surface area contributed by atoms with Crippen LogP contribution in [0.2, 0.25) is 0 Å². The number of nitrogens with two attached hydrogens (primary N) is 1. The third kappa shape index (κ3) is 3.73. The van der Waals surface area contributed by atoms with E-state index in [4.69, 9.17) is 5.73 Å². The van der Waals surface area contributed by atoms with Crippen LogP contribution >= 0.6 is 15.9 Å². The van der Waals surface area contributed by atoms with E-state index in [0.29, 0.717) is 12.8 Å². The van der Waals surface area contributed by atoms with Gasteiger partial charge in [0.05, 0.1) is 11.1 Å². The van der Waals surface area contributed by atoms with Gasteiger partial charge in [0.1, 0.15) is 0 Å². The maximum absolute atomic E-state index is 12.8. The van der Waals surface area contributed by atoms with E-state index in [1.165, 1.54) is 12.1 Å². The van der Waals surface area contributed by atoms with Crippen LogP contribution in [0.4, 0.5) is 18.9 Å². The van der Waals surface area contributed by atoms with Crippen LogP contribution in [0.5, 0.6) is 0 Å². The molecule has 20 heavy (non-hydrogen) atoms. The molecule has 0 saturated heterocycles. The predicted molar refractivity (Wildman–Crippen MR) is 75.3 cm³/mol. The first-order chi connectivity index (χ1) is 9.14. The second kappa shape index (κ2) is 6.13. The maximum Gasteiger partial charge on any atom is 0.417 e. The third-order valence-corrected chi connectivity index (χ3v) is 3.94. The molecule has 0 aromatic heterocycles. The number of nitrogens with one attached hydrogen (secondary N) is 1. The van der Waals surface area contributed by atoms with Crippen molar-refractivity contribution in [3.8, 4) is 0 Å². The van der Waals surface area contributed by atoms with Gasteiger partial charge < -0.3 is 11.1 Å². The lowest BCUT2D eigenvalue weighted by atomic mass is 9.93. The van der Waals surface area contributed by atoms with Crippen molar-refractivity contribution in [2.45, 2.75) is 38.4 Å². The van der Waals surface area contributed by atoms with Gasteiger partial charge >= 0.3 is 6.18 Å². The fourth-order valence-corrected chi connectivity index (χ4v) is 2.12. The summed E-state index contributed by atoms with van der Waals surface area (Å²) in [7, 11) is 0. The van der Waals surface area contributed by atoms with Crippen molar-refractivity contribution in [1.82, 2.24) is 0 Å². The molecule has 0 aliphatic heterocycles. The van der Waals surface area contributed by atoms with Crippen molar-refractivity contribution in [3.63, 3.8) is 0 Å². The molecule has 1 aromatic carbocycles. The Morgan fingerprint density at radius 2 is 1.85 bits per heavy atom. The number of hydrogen-bond donors (Lipinski definition) is 2. The number of hydrogen-bond acceptors (Lipinski definition) is 2. The van der Waals surface area contributed by atoms with Crippen molar-refractivity contribution >= 4 is 27.5 Å². The molecule has 0 heterocycles. The van der Waals surface area contributed by atoms with Crippen molar-refractivity contribution in [1.29, 1.82) is 0 Å². The van der Waals surface area contributed by atoms with Crippen LogP contribution in [0.1, 0.15) is 32.3 Å². The second-order valence-electron chi connectivity index (χ2n) is 4.51. The number of anilines is 1. The van der Waals surface area contributed by atoms with Crippen LogP contribution in [-0.2, 0) is 11.0 Å². The second-order valence-corrected chi connectivity index (χ2v) is 5.36. The average molecular weight is 353 g/mol. The van der Waals surface area contributed by atoms with Gasteiger partial charge in [0.2, 0.25) is 5.91 Å². The number of rotatable bonds is 4. The van der Waals surface area contributed by atoms with E-state index in [0.717, 1.165) is 6.07 Å². The van der Waals surface area contributed by atoms with Gasteiger partial charge in [0, 0.05) is 10.2 Å². The van der Waals surface area contributed by atoms with Crippen LogP contribution in [0.25, 0.3) is 0 Å². The molecule has 112 valence electrons. The lowest BCUT2D eigenvalue weighted by Gasteiger charge is -2.25. The van der Waals surface area contributed by atoms with Gasteiger partial charge in [-0.1, -0.05) is 29.8 Å². The van der Waals surface area contributed by atoms with E-state index in [2.05, 4.69) is 21.2 Å². The molecule has 0 aliphatic carbocycles. The van der Waals surface area contributed by atoms with E-state index in [1.54, 1.807) is 13.8 Å². The number of benzene rings is 1. The van der Waals surface area contributed by atoms with Crippen LogP contribution in [0.3, 0.4) is 0 Å². The molecule has 0 bridgehead atoms. The monoisotopic (exact) mass is 352 g/mol. The van der Waals surface area contributed by atoms with Gasteiger partial charge in [0.15, 0.2) is 0 Å². The SMILES string of the molecule is CCC(N)(CC)C(=O)Nc1ccc(Br)c(C(F)(F)F)c1. The normalized spacial score (nSPS) is 12.3. The lowest BCUT2D eigenvalue weighted by molar-refractivity contribution is -0.138. The Morgan fingerprint density at radius 3 is 2.30 bits per heavy atom. The van der Waals surface area contributed by atoms with Crippen molar-refractivity contribution < 1.29 is 18.0 Å². The first-order valence-electron chi connectivity index (χ1n) is 6.11. The minimum absolute atomic E-state index is 0.0715. The van der Waals surface area contributed by atoms with Crippen LogP contribution in [-0.4, -0.2) is 11.4 Å². The van der Waals surface area contributed by atoms with Crippen LogP contribution in [0, 0.1) is 0 Å². The highest BCUT2D eigenvalue weighted by molar-refractivity contribution is 9.10. The Morgan fingerprint density at radius 1 is 1.30 bits per heavy atom. The highest BCUT2D eigenvalue weighted by Crippen LogP contribution is 2.36. The minimum atomic E-state index is -4.49. The van der Waals surface area contributed by atoms with Gasteiger partial charge in [-0.2, -0.15) is 13.2 Å². The van der Waals surface area contributed by atoms with Crippen molar-refractivity contribution in [3.05, 3.63) is 28.2 Å². The third-order valence-electron chi connectivity index (χ3n) is 3.24. The molecule has 7 heteroatoms. The van der Waals surface area contributed by atoms with Crippen LogP contribution in [0.15, 0.2) is 22.7 Å². The molecule has 3 nitrogen and oxygen atoms in total. The quantitative estimate of drug-likeness (QED) is 0.862. The first kappa shape index (κ1) is 17.0. The number of halogens is 4. The number of amides is 1. The van der Waals surface area contributed by atoms with E-state index in [-0.39, 0.29) is 10.2 Å². The molecule has 0 spiro atoms. The Hall–Kier alpha value is -1.08. The van der Waals surface area contributed by atoms with E-state index < -0.39 is 23.2 Å². The predicted octanol–water partition coefficient (Wildman–Crippen LogP) is 3.92. The number of alkyl halides is 3. The smallest absolute Gasteiger partial charge is 0.324 e. The fraction of sp³-hybridized carbons (Fsp3) is 0.462. The summed E-state index contributed by atoms with van der Waals surface area (Å²) in [5, 5.41) is 2.44. The summed E-state index contributed by atoms with van der Waals surface area (Å²) >= 11 is 2.84. The molecular formula is C13H16BrF3N2O. The summed E-state index contributed by atoms with van der Waals surface area (Å²) in [6, 6.07) is 3.52. The standard InChI is InChI=1S/C13H16BrF3N2O/c1-3-12(18,4-2)11(20)19-8-5-6-10(14)9(7-8)13(15,16)17/h5-7H,3-4,18H2,1-2H3,(H,19,20). The van der Waals surface area contributed by atoms with Gasteiger partial charge in [-0.3, -0.25) is 4.79 Å². The van der Waals surface area contributed by atoms with Crippen LogP contribution < -0.4 is 11.1 Å². The van der Waals surface area contributed by atoms with Crippen molar-refractivity contribution in [2.24, 2.45) is 5.73 Å². The zero-order valence-electron chi connectivity index (χ0n) is 11.1. The molecule has 1 aromatic rings. The molecule has 0 aliphatic rings. The summed E-state index contributed by atoms with van der Waals surface area (Å²) in [6.07, 6.45) is -3.69. The Balaban J connectivity index is 3.03. The van der Waals surface area contributed by atoms with E-state index in [9.17, 15) is 18.0 Å². The lowest BCUT2D eigenvalue weighted by Crippen LogP contribution is -2.50. The molecule has 3 N–H and O–H groups in total. The average Bonchev–Trinajstić information content (AvgIpc) is 2.38. The van der Waals surface area contributed by atoms with Gasteiger partial charge in [-0.05, 0) is 31.0 Å². The van der Waals surface area contributed by atoms with Gasteiger partial charge in [0.25, 0.3) is 0 Å². The number of carbonyl (C=O) groups is 1. The Bertz CT molecular complexity index is 499. The molecule has 0 atom stereocenters. The van der Waals surface area contributed by atoms with Crippen molar-refractivity contribution in [2.75, 3.05) is 5.32 Å². The molecule has 0 fully saturated rings. The fourth-order valence-electron chi connectivity index (χ4n) is 1.65. The van der Waals surface area contributed by atoms with Gasteiger partial charge in [-0.15, -0.1) is 0 Å². The summed E-state index contributed by atoms with van der Waals surface area (Å²) in [6.45, 7) is 3.51. The summed E-state index contributed by atoms with van der Waals surface area (Å²) in [5.41, 5.74) is 4.05.